The fourth-order valence-corrected chi connectivity index (χ4v) is 8.83. The largest absolute Gasteiger partial charge is 0.135 e. The van der Waals surface area contributed by atoms with E-state index in [-0.39, 0.29) is 24.2 Å². The smallest absolute Gasteiger partial charge is 0.0629 e. The molecule has 1 heterocycles. The molecule has 0 aliphatic rings. The number of fused-ring (bicyclic) bond motifs is 5. The average molecular weight is 669 g/mol. The van der Waals surface area contributed by atoms with Gasteiger partial charge >= 0.3 is 0 Å². The van der Waals surface area contributed by atoms with Crippen LogP contribution in [0.1, 0.15) is 5.48 Å². The average Bonchev–Trinajstić information content (AvgIpc) is 3.60. The van der Waals surface area contributed by atoms with Crippen molar-refractivity contribution in [2.24, 2.45) is 0 Å². The van der Waals surface area contributed by atoms with Crippen molar-refractivity contribution in [1.82, 2.24) is 0 Å². The van der Waals surface area contributed by atoms with E-state index in [9.17, 15) is 5.48 Å². The van der Waals surface area contributed by atoms with E-state index >= 15 is 0 Å². The number of rotatable bonds is 5. The van der Waals surface area contributed by atoms with Gasteiger partial charge in [0, 0.05) is 20.2 Å². The molecule has 0 bridgehead atoms. The summed E-state index contributed by atoms with van der Waals surface area (Å²) in [6.45, 7) is 0. The van der Waals surface area contributed by atoms with E-state index in [1.807, 2.05) is 42.5 Å². The van der Waals surface area contributed by atoms with Crippen molar-refractivity contribution in [3.63, 3.8) is 0 Å². The Morgan fingerprint density at radius 3 is 1.24 bits per heavy atom. The van der Waals surface area contributed by atoms with Crippen LogP contribution in [0.5, 0.6) is 0 Å². The van der Waals surface area contributed by atoms with Crippen LogP contribution in [0.25, 0.3) is 97.4 Å². The van der Waals surface area contributed by atoms with Crippen molar-refractivity contribution < 1.29 is 5.48 Å². The topological polar surface area (TPSA) is 0 Å². The van der Waals surface area contributed by atoms with E-state index in [1.165, 1.54) is 21.2 Å². The second-order valence-corrected chi connectivity index (χ2v) is 13.9. The molecule has 1 aromatic heterocycles. The lowest BCUT2D eigenvalue weighted by Crippen LogP contribution is -1.95. The zero-order valence-corrected chi connectivity index (χ0v) is 28.4. The molecule has 238 valence electrons. The summed E-state index contributed by atoms with van der Waals surface area (Å²) in [5.74, 6) is 0. The van der Waals surface area contributed by atoms with Gasteiger partial charge in [0.25, 0.3) is 0 Å². The molecule has 0 saturated carbocycles. The van der Waals surface area contributed by atoms with Crippen LogP contribution in [0, 0.1) is 0 Å². The van der Waals surface area contributed by atoms with Gasteiger partial charge in [0.15, 0.2) is 0 Å². The summed E-state index contributed by atoms with van der Waals surface area (Å²) in [7, 11) is 0. The lowest BCUT2D eigenvalue weighted by molar-refractivity contribution is 1.58. The number of thiophene rings is 1. The highest BCUT2D eigenvalue weighted by Crippen LogP contribution is 2.50. The molecule has 10 aromatic rings. The van der Waals surface area contributed by atoms with Gasteiger partial charge in [-0.2, -0.15) is 0 Å². The summed E-state index contributed by atoms with van der Waals surface area (Å²) >= 11 is 1.74. The van der Waals surface area contributed by atoms with Gasteiger partial charge < -0.3 is 0 Å². The van der Waals surface area contributed by atoms with Crippen molar-refractivity contribution in [3.8, 4) is 55.6 Å². The lowest BCUT2D eigenvalue weighted by Gasteiger charge is -2.22. The summed E-state index contributed by atoms with van der Waals surface area (Å²) in [6.07, 6.45) is 0. The molecule has 0 unspecified atom stereocenters. The minimum atomic E-state index is 0.275. The maximum absolute atomic E-state index is 9.57. The molecule has 0 nitrogen and oxygen atoms in total. The Labute approximate surface area is 307 Å². The molecule has 0 N–H and O–H groups in total. The van der Waals surface area contributed by atoms with Crippen molar-refractivity contribution in [3.05, 3.63) is 194 Å². The zero-order chi connectivity index (χ0) is 37.2. The third-order valence-corrected chi connectivity index (χ3v) is 11.0. The van der Waals surface area contributed by atoms with E-state index in [4.69, 9.17) is 0 Å². The summed E-state index contributed by atoms with van der Waals surface area (Å²) in [4.78, 5) is 0. The Balaban J connectivity index is 1.33. The van der Waals surface area contributed by atoms with E-state index in [1.54, 1.807) is 35.6 Å². The summed E-state index contributed by atoms with van der Waals surface area (Å²) in [6, 6.07) is 58.1. The van der Waals surface area contributed by atoms with Gasteiger partial charge in [-0.25, -0.2) is 0 Å². The van der Waals surface area contributed by atoms with Crippen LogP contribution in [0.3, 0.4) is 0 Å². The number of hydrogen-bond donors (Lipinski definition) is 0. The second-order valence-electron chi connectivity index (χ2n) is 12.8. The summed E-state index contributed by atoms with van der Waals surface area (Å²) in [5.41, 5.74) is 9.45. The Hall–Kier alpha value is -6.28. The molecule has 0 aliphatic carbocycles. The molecule has 9 aromatic carbocycles. The maximum atomic E-state index is 9.57. The fourth-order valence-electron chi connectivity index (χ4n) is 7.65. The minimum absolute atomic E-state index is 0.275. The first-order valence-corrected chi connectivity index (χ1v) is 18.0. The number of hydrogen-bond acceptors (Lipinski definition) is 1. The highest BCUT2D eigenvalue weighted by Gasteiger charge is 2.22. The molecule has 10 rings (SSSR count). The summed E-state index contributed by atoms with van der Waals surface area (Å²) in [5, 5.41) is 4.78. The monoisotopic (exact) mass is 668 g/mol. The summed E-state index contributed by atoms with van der Waals surface area (Å²) < 4.78 is 40.4. The number of benzene rings is 9. The van der Waals surface area contributed by atoms with Gasteiger partial charge in [-0.15, -0.1) is 11.3 Å². The van der Waals surface area contributed by atoms with Crippen molar-refractivity contribution in [2.45, 2.75) is 0 Å². The van der Waals surface area contributed by atoms with Gasteiger partial charge in [0.05, 0.1) is 5.48 Å². The second kappa shape index (κ2) is 12.2. The van der Waals surface area contributed by atoms with Gasteiger partial charge in [0.1, 0.15) is 0 Å². The molecular weight excluding hydrogens is 633 g/mol. The third-order valence-electron chi connectivity index (χ3n) is 9.93. The van der Waals surface area contributed by atoms with Gasteiger partial charge in [-0.1, -0.05) is 182 Å². The molecule has 0 atom stereocenters. The third kappa shape index (κ3) is 4.97. The van der Waals surface area contributed by atoms with Crippen molar-refractivity contribution in [2.75, 3.05) is 0 Å². The van der Waals surface area contributed by atoms with E-state index in [0.717, 1.165) is 49.0 Å². The standard InChI is InChI=1S/C50H32S/c1-4-15-33(16-5-1)36-27-29-40-41-30-28-37(32-47(41)51-46(40)31-36)48-42-21-10-12-23-44(42)50(45-24-13-11-22-43(45)48)49-38(34-17-6-2-7-18-34)25-14-26-39(49)35-19-8-3-9-20-35/h1-32H/i21D,22D,23D,24D. The van der Waals surface area contributed by atoms with Crippen LogP contribution < -0.4 is 0 Å². The lowest BCUT2D eigenvalue weighted by atomic mass is 9.81. The van der Waals surface area contributed by atoms with Crippen LogP contribution in [0.4, 0.5) is 0 Å². The predicted octanol–water partition coefficient (Wildman–Crippen LogP) is 14.7. The Kier molecular flexibility index (Phi) is 6.16. The van der Waals surface area contributed by atoms with Crippen LogP contribution >= 0.6 is 11.3 Å². The molecule has 0 radical (unpaired) electrons. The molecule has 0 amide bonds. The van der Waals surface area contributed by atoms with Crippen LogP contribution in [-0.2, 0) is 0 Å². The van der Waals surface area contributed by atoms with E-state index < -0.39 is 0 Å². The molecule has 1 heteroatoms. The predicted molar refractivity (Wildman–Crippen MR) is 222 cm³/mol. The van der Waals surface area contributed by atoms with Gasteiger partial charge in [-0.3, -0.25) is 0 Å². The molecule has 0 saturated heterocycles. The Morgan fingerprint density at radius 2 is 0.725 bits per heavy atom. The molecule has 51 heavy (non-hydrogen) atoms. The SMILES string of the molecule is [2H]c1ccc([2H])c2c(-c3c(-c4ccccc4)cccc3-c3ccccc3)c3c([2H])ccc([2H])c3c(-c3ccc4c(c3)sc3cc(-c5ccccc5)ccc34)c12. The van der Waals surface area contributed by atoms with Crippen molar-refractivity contribution in [1.29, 1.82) is 0 Å². The molecular formula is C50H32S. The minimum Gasteiger partial charge on any atom is -0.135 e. The quantitative estimate of drug-likeness (QED) is 0.160. The molecule has 0 aliphatic heterocycles. The Bertz CT molecular complexity index is 2990. The normalized spacial score (nSPS) is 12.6. The first-order chi connectivity index (χ1) is 27.0. The maximum Gasteiger partial charge on any atom is 0.0629 e. The van der Waals surface area contributed by atoms with Crippen LogP contribution in [0.2, 0.25) is 0 Å². The van der Waals surface area contributed by atoms with E-state index in [0.29, 0.717) is 27.1 Å². The van der Waals surface area contributed by atoms with Gasteiger partial charge in [-0.05, 0) is 89.3 Å². The first kappa shape index (κ1) is 25.7. The highest BCUT2D eigenvalue weighted by molar-refractivity contribution is 7.25. The van der Waals surface area contributed by atoms with Crippen molar-refractivity contribution >= 4 is 53.1 Å². The highest BCUT2D eigenvalue weighted by atomic mass is 32.1. The first-order valence-electron chi connectivity index (χ1n) is 19.2. The van der Waals surface area contributed by atoms with Gasteiger partial charge in [0.2, 0.25) is 0 Å². The van der Waals surface area contributed by atoms with E-state index in [2.05, 4.69) is 103 Å². The zero-order valence-electron chi connectivity index (χ0n) is 31.6. The van der Waals surface area contributed by atoms with Crippen LogP contribution in [-0.4, -0.2) is 0 Å². The molecule has 0 fully saturated rings. The fraction of sp³-hybridized carbons (Fsp3) is 0. The molecule has 0 spiro atoms. The van der Waals surface area contributed by atoms with Crippen LogP contribution in [0.15, 0.2) is 194 Å². The Morgan fingerprint density at radius 1 is 0.294 bits per heavy atom.